The van der Waals surface area contributed by atoms with E-state index in [2.05, 4.69) is 18.8 Å². The second-order valence-corrected chi connectivity index (χ2v) is 3.52. The highest BCUT2D eigenvalue weighted by Crippen LogP contribution is 2.19. The molecule has 0 spiro atoms. The van der Waals surface area contributed by atoms with Crippen molar-refractivity contribution in [3.63, 3.8) is 0 Å². The van der Waals surface area contributed by atoms with Crippen LogP contribution in [-0.4, -0.2) is 13.1 Å². The molecule has 64 valence electrons. The lowest BCUT2D eigenvalue weighted by Gasteiger charge is -2.23. The molecule has 0 radical (unpaired) electrons. The van der Waals surface area contributed by atoms with Crippen LogP contribution in [0.3, 0.4) is 0 Å². The maximum absolute atomic E-state index is 4.04. The molecule has 1 rings (SSSR count). The lowest BCUT2D eigenvalue weighted by molar-refractivity contribution is 0.373. The van der Waals surface area contributed by atoms with Gasteiger partial charge in [-0.15, -0.1) is 0 Å². The van der Waals surface area contributed by atoms with Crippen LogP contribution in [0.4, 0.5) is 0 Å². The average molecular weight is 153 g/mol. The second kappa shape index (κ2) is 4.55. The molecular weight excluding hydrogens is 134 g/mol. The first-order valence-electron chi connectivity index (χ1n) is 4.70. The molecule has 0 amide bonds. The minimum atomic E-state index is 0.871. The molecule has 1 fully saturated rings. The van der Waals surface area contributed by atoms with Crippen LogP contribution in [0.15, 0.2) is 12.2 Å². The number of hydrogen-bond acceptors (Lipinski definition) is 1. The van der Waals surface area contributed by atoms with Crippen LogP contribution in [0.2, 0.25) is 0 Å². The third kappa shape index (κ3) is 3.06. The fourth-order valence-corrected chi connectivity index (χ4v) is 1.65. The predicted molar refractivity (Wildman–Crippen MR) is 49.6 cm³/mol. The number of allylic oxidation sites excluding steroid dienone is 1. The van der Waals surface area contributed by atoms with Gasteiger partial charge in [0.2, 0.25) is 0 Å². The number of nitrogens with one attached hydrogen (secondary N) is 1. The number of rotatable bonds is 3. The molecule has 1 aliphatic heterocycles. The monoisotopic (exact) mass is 153 g/mol. The van der Waals surface area contributed by atoms with Crippen molar-refractivity contribution >= 4 is 0 Å². The van der Waals surface area contributed by atoms with E-state index in [4.69, 9.17) is 0 Å². The van der Waals surface area contributed by atoms with E-state index in [1.165, 1.54) is 37.9 Å². The van der Waals surface area contributed by atoms with Crippen LogP contribution in [0.25, 0.3) is 0 Å². The molecule has 0 aliphatic carbocycles. The zero-order valence-corrected chi connectivity index (χ0v) is 7.53. The van der Waals surface area contributed by atoms with Gasteiger partial charge in [0.05, 0.1) is 0 Å². The Bertz CT molecular complexity index is 123. The third-order valence-electron chi connectivity index (χ3n) is 2.48. The van der Waals surface area contributed by atoms with Gasteiger partial charge in [0.15, 0.2) is 0 Å². The molecule has 0 aromatic rings. The molecule has 1 atom stereocenters. The van der Waals surface area contributed by atoms with E-state index in [-0.39, 0.29) is 0 Å². The normalized spacial score (nSPS) is 25.0. The Morgan fingerprint density at radius 1 is 1.64 bits per heavy atom. The first-order chi connectivity index (χ1) is 5.33. The van der Waals surface area contributed by atoms with Crippen molar-refractivity contribution in [3.8, 4) is 0 Å². The van der Waals surface area contributed by atoms with E-state index in [9.17, 15) is 0 Å². The van der Waals surface area contributed by atoms with Gasteiger partial charge < -0.3 is 5.32 Å². The van der Waals surface area contributed by atoms with E-state index in [1.54, 1.807) is 0 Å². The average Bonchev–Trinajstić information content (AvgIpc) is 2.06. The maximum atomic E-state index is 4.04. The molecule has 1 unspecified atom stereocenters. The first kappa shape index (κ1) is 8.79. The highest BCUT2D eigenvalue weighted by Gasteiger charge is 2.12. The Balaban J connectivity index is 2.19. The van der Waals surface area contributed by atoms with Crippen molar-refractivity contribution in [3.05, 3.63) is 12.2 Å². The Morgan fingerprint density at radius 2 is 2.45 bits per heavy atom. The smallest absolute Gasteiger partial charge is 0.00174 e. The summed E-state index contributed by atoms with van der Waals surface area (Å²) >= 11 is 0. The highest BCUT2D eigenvalue weighted by molar-refractivity contribution is 4.95. The van der Waals surface area contributed by atoms with E-state index in [1.807, 2.05) is 0 Å². The van der Waals surface area contributed by atoms with Crippen LogP contribution >= 0.6 is 0 Å². The largest absolute Gasteiger partial charge is 0.316 e. The van der Waals surface area contributed by atoms with Crippen molar-refractivity contribution in [1.29, 1.82) is 0 Å². The molecule has 1 heteroatoms. The van der Waals surface area contributed by atoms with Crippen LogP contribution < -0.4 is 5.32 Å². The molecule has 0 saturated carbocycles. The number of hydrogen-bond donors (Lipinski definition) is 1. The summed E-state index contributed by atoms with van der Waals surface area (Å²) in [6.07, 6.45) is 5.13. The molecule has 1 heterocycles. The Hall–Kier alpha value is -0.300. The molecular formula is C10H19N. The molecule has 0 aromatic carbocycles. The fourth-order valence-electron chi connectivity index (χ4n) is 1.65. The van der Waals surface area contributed by atoms with Crippen molar-refractivity contribution in [1.82, 2.24) is 5.32 Å². The van der Waals surface area contributed by atoms with Gasteiger partial charge in [-0.2, -0.15) is 0 Å². The standard InChI is InChI=1S/C10H19N/c1-3-9(2)7-10-5-4-6-11-8-10/h10-11H,2-8H2,1H3. The Kier molecular flexibility index (Phi) is 3.64. The molecule has 1 nitrogen and oxygen atoms in total. The summed E-state index contributed by atoms with van der Waals surface area (Å²) in [5.74, 6) is 0.871. The molecule has 1 aliphatic rings. The number of piperidine rings is 1. The van der Waals surface area contributed by atoms with Gasteiger partial charge in [-0.05, 0) is 44.7 Å². The SMILES string of the molecule is C=C(CC)CC1CCCNC1. The van der Waals surface area contributed by atoms with Gasteiger partial charge in [0.1, 0.15) is 0 Å². The molecule has 1 saturated heterocycles. The van der Waals surface area contributed by atoms with E-state index in [0.717, 1.165) is 12.3 Å². The second-order valence-electron chi connectivity index (χ2n) is 3.52. The van der Waals surface area contributed by atoms with Gasteiger partial charge in [0, 0.05) is 0 Å². The Labute approximate surface area is 69.9 Å². The van der Waals surface area contributed by atoms with Gasteiger partial charge in [-0.3, -0.25) is 0 Å². The van der Waals surface area contributed by atoms with Gasteiger partial charge >= 0.3 is 0 Å². The minimum absolute atomic E-state index is 0.871. The van der Waals surface area contributed by atoms with E-state index >= 15 is 0 Å². The fraction of sp³-hybridized carbons (Fsp3) is 0.800. The van der Waals surface area contributed by atoms with Crippen molar-refractivity contribution in [2.75, 3.05) is 13.1 Å². The first-order valence-corrected chi connectivity index (χ1v) is 4.70. The summed E-state index contributed by atoms with van der Waals surface area (Å²) in [5.41, 5.74) is 1.42. The van der Waals surface area contributed by atoms with Gasteiger partial charge in [-0.25, -0.2) is 0 Å². The third-order valence-corrected chi connectivity index (χ3v) is 2.48. The molecule has 0 aromatic heterocycles. The van der Waals surface area contributed by atoms with E-state index in [0.29, 0.717) is 0 Å². The quantitative estimate of drug-likeness (QED) is 0.614. The summed E-state index contributed by atoms with van der Waals surface area (Å²) in [6, 6.07) is 0. The molecule has 1 N–H and O–H groups in total. The van der Waals surface area contributed by atoms with Crippen molar-refractivity contribution in [2.45, 2.75) is 32.6 Å². The summed E-state index contributed by atoms with van der Waals surface area (Å²) in [7, 11) is 0. The van der Waals surface area contributed by atoms with E-state index < -0.39 is 0 Å². The highest BCUT2D eigenvalue weighted by atomic mass is 14.9. The molecule has 11 heavy (non-hydrogen) atoms. The molecule has 0 bridgehead atoms. The van der Waals surface area contributed by atoms with Crippen molar-refractivity contribution in [2.24, 2.45) is 5.92 Å². The topological polar surface area (TPSA) is 12.0 Å². The van der Waals surface area contributed by atoms with Crippen LogP contribution in [-0.2, 0) is 0 Å². The summed E-state index contributed by atoms with van der Waals surface area (Å²) in [4.78, 5) is 0. The lowest BCUT2D eigenvalue weighted by Crippen LogP contribution is -2.29. The predicted octanol–water partition coefficient (Wildman–Crippen LogP) is 2.34. The lowest BCUT2D eigenvalue weighted by atomic mass is 9.92. The zero-order chi connectivity index (χ0) is 8.10. The zero-order valence-electron chi connectivity index (χ0n) is 7.53. The van der Waals surface area contributed by atoms with Crippen molar-refractivity contribution < 1.29 is 0 Å². The summed E-state index contributed by atoms with van der Waals surface area (Å²) in [5, 5.41) is 3.42. The van der Waals surface area contributed by atoms with Crippen LogP contribution in [0.1, 0.15) is 32.6 Å². The van der Waals surface area contributed by atoms with Crippen LogP contribution in [0, 0.1) is 5.92 Å². The summed E-state index contributed by atoms with van der Waals surface area (Å²) < 4.78 is 0. The maximum Gasteiger partial charge on any atom is -0.00174 e. The summed E-state index contributed by atoms with van der Waals surface area (Å²) in [6.45, 7) is 8.66. The van der Waals surface area contributed by atoms with Crippen LogP contribution in [0.5, 0.6) is 0 Å². The van der Waals surface area contributed by atoms with Gasteiger partial charge in [-0.1, -0.05) is 19.1 Å². The van der Waals surface area contributed by atoms with Gasteiger partial charge in [0.25, 0.3) is 0 Å². The minimum Gasteiger partial charge on any atom is -0.316 e. The Morgan fingerprint density at radius 3 is 3.00 bits per heavy atom.